The molecule has 0 aliphatic carbocycles. The summed E-state index contributed by atoms with van der Waals surface area (Å²) >= 11 is 0. The zero-order valence-electron chi connectivity index (χ0n) is 13.0. The van der Waals surface area contributed by atoms with Crippen LogP contribution >= 0.6 is 0 Å². The predicted molar refractivity (Wildman–Crippen MR) is 89.5 cm³/mol. The first-order valence-corrected chi connectivity index (χ1v) is 7.29. The van der Waals surface area contributed by atoms with Crippen molar-refractivity contribution in [1.82, 2.24) is 15.7 Å². The van der Waals surface area contributed by atoms with Gasteiger partial charge in [0.05, 0.1) is 5.52 Å². The summed E-state index contributed by atoms with van der Waals surface area (Å²) < 4.78 is 0. The second-order valence-electron chi connectivity index (χ2n) is 5.13. The van der Waals surface area contributed by atoms with Crippen LogP contribution in [0.1, 0.15) is 16.8 Å². The Bertz CT molecular complexity index is 866. The van der Waals surface area contributed by atoms with Gasteiger partial charge in [0.15, 0.2) is 0 Å². The third-order valence-electron chi connectivity index (χ3n) is 3.61. The summed E-state index contributed by atoms with van der Waals surface area (Å²) in [5.74, 6) is -0.449. The summed E-state index contributed by atoms with van der Waals surface area (Å²) in [5.41, 5.74) is 6.97. The molecule has 5 heteroatoms. The largest absolute Gasteiger partial charge is 0.367 e. The van der Waals surface area contributed by atoms with E-state index in [4.69, 9.17) is 4.84 Å². The van der Waals surface area contributed by atoms with E-state index in [9.17, 15) is 4.79 Å². The maximum atomic E-state index is 11.9. The van der Waals surface area contributed by atoms with Crippen LogP contribution in [0.2, 0.25) is 0 Å². The van der Waals surface area contributed by atoms with E-state index in [2.05, 4.69) is 15.7 Å². The normalized spacial score (nSPS) is 11.7. The molecule has 1 heterocycles. The van der Waals surface area contributed by atoms with Crippen LogP contribution in [0.25, 0.3) is 16.5 Å². The average molecular weight is 307 g/mol. The Kier molecular flexibility index (Phi) is 4.21. The van der Waals surface area contributed by atoms with Crippen LogP contribution in [-0.4, -0.2) is 23.2 Å². The first kappa shape index (κ1) is 15.0. The van der Waals surface area contributed by atoms with E-state index in [1.54, 1.807) is 7.05 Å². The lowest BCUT2D eigenvalue weighted by atomic mass is 9.96. The predicted octanol–water partition coefficient (Wildman–Crippen LogP) is 2.98. The Labute approximate surface area is 133 Å². The summed E-state index contributed by atoms with van der Waals surface area (Å²) in [6, 6.07) is 15.7. The molecule has 2 N–H and O–H groups in total. The summed E-state index contributed by atoms with van der Waals surface area (Å²) in [7, 11) is 1.55. The summed E-state index contributed by atoms with van der Waals surface area (Å²) in [6.07, 6.45) is 1.49. The van der Waals surface area contributed by atoms with Gasteiger partial charge in [-0.3, -0.25) is 5.10 Å². The van der Waals surface area contributed by atoms with Crippen LogP contribution in [0.3, 0.4) is 0 Å². The highest BCUT2D eigenvalue weighted by Gasteiger charge is 2.11. The molecule has 2 aromatic carbocycles. The molecule has 0 aliphatic rings. The van der Waals surface area contributed by atoms with Crippen molar-refractivity contribution in [3.05, 3.63) is 71.4 Å². The summed E-state index contributed by atoms with van der Waals surface area (Å²) in [5, 5.41) is 8.24. The second kappa shape index (κ2) is 6.46. The third kappa shape index (κ3) is 3.14. The molecule has 0 bridgehead atoms. The lowest BCUT2D eigenvalue weighted by Crippen LogP contribution is -2.13. The smallest absolute Gasteiger partial charge is 0.350 e. The van der Waals surface area contributed by atoms with E-state index < -0.39 is 5.97 Å². The molecule has 0 unspecified atom stereocenters. The van der Waals surface area contributed by atoms with Crippen LogP contribution in [0.5, 0.6) is 0 Å². The van der Waals surface area contributed by atoms with Crippen molar-refractivity contribution in [2.45, 2.75) is 6.92 Å². The van der Waals surface area contributed by atoms with Gasteiger partial charge in [0.1, 0.15) is 0 Å². The molecule has 0 radical (unpaired) electrons. The van der Waals surface area contributed by atoms with Crippen molar-refractivity contribution in [3.63, 3.8) is 0 Å². The van der Waals surface area contributed by atoms with Crippen molar-refractivity contribution >= 4 is 22.4 Å². The van der Waals surface area contributed by atoms with Gasteiger partial charge in [-0.2, -0.15) is 10.6 Å². The number of nitrogens with one attached hydrogen (secondary N) is 2. The number of benzene rings is 2. The quantitative estimate of drug-likeness (QED) is 0.574. The number of H-pyrrole nitrogens is 1. The lowest BCUT2D eigenvalue weighted by Gasteiger charge is -2.09. The molecule has 0 aliphatic heterocycles. The molecule has 3 aromatic rings. The number of hydrogen-bond donors (Lipinski definition) is 2. The van der Waals surface area contributed by atoms with E-state index in [0.29, 0.717) is 0 Å². The van der Waals surface area contributed by atoms with Gasteiger partial charge in [0.25, 0.3) is 0 Å². The van der Waals surface area contributed by atoms with Gasteiger partial charge >= 0.3 is 5.97 Å². The standard InChI is InChI=1S/C18H17N3O2/c1-12-15-10-14(8-9-17(15)21-20-12)16(11-18(22)23-19-2)13-6-4-3-5-7-13/h3-11,19H,1-2H3,(H,20,21). The molecular formula is C18H17N3O2. The molecule has 3 rings (SSSR count). The van der Waals surface area contributed by atoms with E-state index >= 15 is 0 Å². The minimum atomic E-state index is -0.449. The second-order valence-corrected chi connectivity index (χ2v) is 5.13. The summed E-state index contributed by atoms with van der Waals surface area (Å²) in [4.78, 5) is 16.7. The molecule has 0 fully saturated rings. The molecule has 116 valence electrons. The molecule has 1 aromatic heterocycles. The molecule has 0 amide bonds. The van der Waals surface area contributed by atoms with Crippen molar-refractivity contribution in [2.75, 3.05) is 7.05 Å². The van der Waals surface area contributed by atoms with Gasteiger partial charge in [0, 0.05) is 24.2 Å². The highest BCUT2D eigenvalue weighted by atomic mass is 16.7. The van der Waals surface area contributed by atoms with Gasteiger partial charge < -0.3 is 4.84 Å². The molecule has 0 saturated carbocycles. The number of rotatable bonds is 4. The number of aromatic amines is 1. The Morgan fingerprint density at radius 2 is 1.96 bits per heavy atom. The van der Waals surface area contributed by atoms with Gasteiger partial charge in [-0.05, 0) is 35.8 Å². The van der Waals surface area contributed by atoms with Crippen LogP contribution in [0, 0.1) is 6.92 Å². The minimum absolute atomic E-state index is 0.449. The maximum Gasteiger partial charge on any atom is 0.350 e. The van der Waals surface area contributed by atoms with Crippen molar-refractivity contribution in [3.8, 4) is 0 Å². The van der Waals surface area contributed by atoms with Crippen LogP contribution in [0.4, 0.5) is 0 Å². The van der Waals surface area contributed by atoms with Gasteiger partial charge in [-0.15, -0.1) is 0 Å². The number of carbonyl (C=O) groups excluding carboxylic acids is 1. The number of nitrogens with zero attached hydrogens (tertiary/aromatic N) is 1. The fourth-order valence-electron chi connectivity index (χ4n) is 2.50. The summed E-state index contributed by atoms with van der Waals surface area (Å²) in [6.45, 7) is 1.97. The van der Waals surface area contributed by atoms with Gasteiger partial charge in [-0.1, -0.05) is 36.4 Å². The fourth-order valence-corrected chi connectivity index (χ4v) is 2.50. The molecule has 5 nitrogen and oxygen atoms in total. The van der Waals surface area contributed by atoms with E-state index in [0.717, 1.165) is 33.3 Å². The Hall–Kier alpha value is -2.92. The number of aromatic nitrogens is 2. The molecule has 0 atom stereocenters. The maximum absolute atomic E-state index is 11.9. The number of fused-ring (bicyclic) bond motifs is 1. The van der Waals surface area contributed by atoms with Gasteiger partial charge in [-0.25, -0.2) is 4.79 Å². The van der Waals surface area contributed by atoms with E-state index in [-0.39, 0.29) is 0 Å². The van der Waals surface area contributed by atoms with E-state index in [1.165, 1.54) is 6.08 Å². The number of carbonyl (C=O) groups is 1. The average Bonchev–Trinajstić information content (AvgIpc) is 2.94. The Morgan fingerprint density at radius 1 is 1.17 bits per heavy atom. The molecule has 23 heavy (non-hydrogen) atoms. The Morgan fingerprint density at radius 3 is 2.70 bits per heavy atom. The molecule has 0 saturated heterocycles. The first-order chi connectivity index (χ1) is 11.2. The van der Waals surface area contributed by atoms with Crippen molar-refractivity contribution in [1.29, 1.82) is 0 Å². The Balaban J connectivity index is 2.13. The number of hydrogen-bond acceptors (Lipinski definition) is 4. The van der Waals surface area contributed by atoms with E-state index in [1.807, 2.05) is 55.5 Å². The minimum Gasteiger partial charge on any atom is -0.367 e. The van der Waals surface area contributed by atoms with Crippen molar-refractivity contribution in [2.24, 2.45) is 0 Å². The highest BCUT2D eigenvalue weighted by molar-refractivity contribution is 5.98. The van der Waals surface area contributed by atoms with Crippen LogP contribution in [-0.2, 0) is 9.63 Å². The van der Waals surface area contributed by atoms with Crippen molar-refractivity contribution < 1.29 is 9.63 Å². The zero-order valence-corrected chi connectivity index (χ0v) is 13.0. The number of hydroxylamine groups is 1. The number of aryl methyl sites for hydroxylation is 1. The van der Waals surface area contributed by atoms with Crippen LogP contribution in [0.15, 0.2) is 54.6 Å². The third-order valence-corrected chi connectivity index (χ3v) is 3.61. The molecular weight excluding hydrogens is 290 g/mol. The van der Waals surface area contributed by atoms with Crippen LogP contribution < -0.4 is 5.48 Å². The zero-order chi connectivity index (χ0) is 16.2. The topological polar surface area (TPSA) is 67.0 Å². The lowest BCUT2D eigenvalue weighted by molar-refractivity contribution is -0.143. The first-order valence-electron chi connectivity index (χ1n) is 7.29. The molecule has 0 spiro atoms. The monoisotopic (exact) mass is 307 g/mol. The fraction of sp³-hybridized carbons (Fsp3) is 0.111. The SMILES string of the molecule is CNOC(=O)C=C(c1ccccc1)c1ccc2n[nH]c(C)c2c1. The highest BCUT2D eigenvalue weighted by Crippen LogP contribution is 2.27. The van der Waals surface area contributed by atoms with Gasteiger partial charge in [0.2, 0.25) is 0 Å².